The van der Waals surface area contributed by atoms with Crippen LogP contribution in [0.25, 0.3) is 0 Å². The topological polar surface area (TPSA) is 111 Å². The van der Waals surface area contributed by atoms with E-state index in [9.17, 15) is 19.0 Å². The minimum Gasteiger partial charge on any atom is -0.756 e. The van der Waals surface area contributed by atoms with Crippen molar-refractivity contribution in [2.75, 3.05) is 47.5 Å². The lowest BCUT2D eigenvalue weighted by Crippen LogP contribution is -2.37. The molecule has 10 heteroatoms. The summed E-state index contributed by atoms with van der Waals surface area (Å²) < 4.78 is 34.1. The second kappa shape index (κ2) is 57.1. The van der Waals surface area contributed by atoms with E-state index < -0.39 is 26.5 Å². The van der Waals surface area contributed by atoms with Gasteiger partial charge < -0.3 is 27.9 Å². The minimum absolute atomic E-state index is 0.0293. The molecule has 0 aromatic rings. The SMILES string of the molecule is CC/C=C\C/C=C\C/C=C\C/C=C\C/C=C\C/C=C\CCCCCCCCCCCCCCCCCCCCCCC(=O)OC(COC(=O)CCCCCCCCCCCCCCC)COP(=O)([O-])OCC[N+](C)(C)C. The normalized spacial score (nSPS) is 13.7. The Morgan fingerprint density at radius 1 is 0.421 bits per heavy atom. The number of likely N-dealkylation sites (N-methyl/N-ethyl adjacent to an activating group) is 1. The average molecular weight is 1090 g/mol. The Bertz CT molecular complexity index is 1510. The standard InChI is InChI=1S/C66H120NO8P/c1-6-8-10-12-14-16-18-20-21-22-23-24-25-26-27-28-29-30-31-32-33-34-35-36-37-38-39-40-41-42-43-44-45-47-49-51-53-55-57-59-66(69)75-64(63-74-76(70,71)73-61-60-67(3,4)5)62-72-65(68)58-56-54-52-50-48-46-19-17-15-13-11-9-7-2/h8,10,14,16,20-21,23-24,26-27,29-30,64H,6-7,9,11-13,15,17-19,22,25,28,31-63H2,1-5H3/b10-8-,16-14-,21-20-,24-23-,27-26-,30-29-. The van der Waals surface area contributed by atoms with Gasteiger partial charge in [-0.15, -0.1) is 0 Å². The average Bonchev–Trinajstić information content (AvgIpc) is 3.38. The predicted molar refractivity (Wildman–Crippen MR) is 323 cm³/mol. The van der Waals surface area contributed by atoms with Crippen molar-refractivity contribution in [2.24, 2.45) is 0 Å². The number of carbonyl (C=O) groups excluding carboxylic acids is 2. The van der Waals surface area contributed by atoms with Gasteiger partial charge in [0, 0.05) is 12.8 Å². The van der Waals surface area contributed by atoms with Crippen molar-refractivity contribution in [3.63, 3.8) is 0 Å². The zero-order chi connectivity index (χ0) is 55.6. The molecule has 442 valence electrons. The smallest absolute Gasteiger partial charge is 0.306 e. The molecule has 0 saturated heterocycles. The Kier molecular flexibility index (Phi) is 55.2. The number of hydrogen-bond acceptors (Lipinski definition) is 8. The molecule has 0 aliphatic rings. The molecule has 0 aromatic heterocycles. The summed E-state index contributed by atoms with van der Waals surface area (Å²) in [4.78, 5) is 37.8. The largest absolute Gasteiger partial charge is 0.756 e. The van der Waals surface area contributed by atoms with Crippen molar-refractivity contribution in [3.8, 4) is 0 Å². The number of carbonyl (C=O) groups is 2. The van der Waals surface area contributed by atoms with E-state index in [1.807, 2.05) is 21.1 Å². The van der Waals surface area contributed by atoms with Gasteiger partial charge in [-0.1, -0.05) is 279 Å². The molecule has 0 rings (SSSR count). The number of nitrogens with zero attached hydrogens (tertiary/aromatic N) is 1. The Labute approximate surface area is 469 Å². The summed E-state index contributed by atoms with van der Waals surface area (Å²) >= 11 is 0. The molecule has 0 heterocycles. The van der Waals surface area contributed by atoms with Gasteiger partial charge in [0.15, 0.2) is 6.10 Å². The van der Waals surface area contributed by atoms with Crippen LogP contribution < -0.4 is 4.89 Å². The molecule has 0 amide bonds. The fourth-order valence-corrected chi connectivity index (χ4v) is 9.63. The summed E-state index contributed by atoms with van der Waals surface area (Å²) in [5, 5.41) is 0. The molecule has 0 radical (unpaired) electrons. The number of unbranched alkanes of at least 4 members (excludes halogenated alkanes) is 32. The minimum atomic E-state index is -4.63. The van der Waals surface area contributed by atoms with Crippen LogP contribution in [0.5, 0.6) is 0 Å². The Hall–Kier alpha value is -2.55. The number of phosphoric ester groups is 1. The zero-order valence-electron chi connectivity index (χ0n) is 50.2. The highest BCUT2D eigenvalue weighted by Gasteiger charge is 2.22. The lowest BCUT2D eigenvalue weighted by atomic mass is 10.0. The summed E-state index contributed by atoms with van der Waals surface area (Å²) in [7, 11) is 1.18. The number of allylic oxidation sites excluding steroid dienone is 12. The highest BCUT2D eigenvalue weighted by molar-refractivity contribution is 7.45. The summed E-state index contributed by atoms with van der Waals surface area (Å²) in [6.07, 6.45) is 75.5. The summed E-state index contributed by atoms with van der Waals surface area (Å²) in [5.74, 6) is -0.821. The third-order valence-corrected chi connectivity index (χ3v) is 14.7. The van der Waals surface area contributed by atoms with Gasteiger partial charge in [0.05, 0.1) is 27.7 Å². The lowest BCUT2D eigenvalue weighted by molar-refractivity contribution is -0.870. The number of esters is 2. The maximum absolute atomic E-state index is 12.8. The van der Waals surface area contributed by atoms with Crippen LogP contribution in [-0.4, -0.2) is 70.0 Å². The van der Waals surface area contributed by atoms with Crippen LogP contribution in [0.3, 0.4) is 0 Å². The van der Waals surface area contributed by atoms with Crippen molar-refractivity contribution < 1.29 is 42.1 Å². The molecule has 0 aromatic carbocycles. The molecule has 9 nitrogen and oxygen atoms in total. The van der Waals surface area contributed by atoms with E-state index in [4.69, 9.17) is 18.5 Å². The molecule has 0 N–H and O–H groups in total. The van der Waals surface area contributed by atoms with Gasteiger partial charge in [0.25, 0.3) is 7.82 Å². The van der Waals surface area contributed by atoms with E-state index in [1.54, 1.807) is 0 Å². The summed E-state index contributed by atoms with van der Waals surface area (Å²) in [5.41, 5.74) is 0. The molecular weight excluding hydrogens is 966 g/mol. The Morgan fingerprint density at radius 2 is 0.750 bits per heavy atom. The Morgan fingerprint density at radius 3 is 1.12 bits per heavy atom. The molecule has 0 spiro atoms. The molecule has 0 aliphatic carbocycles. The Balaban J connectivity index is 3.92. The maximum Gasteiger partial charge on any atom is 0.306 e. The third-order valence-electron chi connectivity index (χ3n) is 13.7. The molecule has 0 aliphatic heterocycles. The van der Waals surface area contributed by atoms with Gasteiger partial charge in [-0.25, -0.2) is 0 Å². The molecule has 0 bridgehead atoms. The first-order valence-electron chi connectivity index (χ1n) is 31.6. The van der Waals surface area contributed by atoms with Crippen molar-refractivity contribution in [3.05, 3.63) is 72.9 Å². The van der Waals surface area contributed by atoms with Crippen molar-refractivity contribution in [2.45, 2.75) is 290 Å². The zero-order valence-corrected chi connectivity index (χ0v) is 51.1. The quantitative estimate of drug-likeness (QED) is 0.0195. The number of hydrogen-bond donors (Lipinski definition) is 0. The van der Waals surface area contributed by atoms with E-state index in [-0.39, 0.29) is 32.0 Å². The fourth-order valence-electron chi connectivity index (χ4n) is 8.90. The van der Waals surface area contributed by atoms with Crippen molar-refractivity contribution >= 4 is 19.8 Å². The molecular formula is C66H120NO8P. The van der Waals surface area contributed by atoms with Gasteiger partial charge in [-0.05, 0) is 64.2 Å². The second-order valence-corrected chi connectivity index (χ2v) is 23.8. The van der Waals surface area contributed by atoms with Gasteiger partial charge in [0.2, 0.25) is 0 Å². The van der Waals surface area contributed by atoms with Crippen LogP contribution in [-0.2, 0) is 32.7 Å². The van der Waals surface area contributed by atoms with Crippen LogP contribution in [0.15, 0.2) is 72.9 Å². The highest BCUT2D eigenvalue weighted by atomic mass is 31.2. The van der Waals surface area contributed by atoms with E-state index in [0.29, 0.717) is 17.4 Å². The maximum atomic E-state index is 12.8. The van der Waals surface area contributed by atoms with Gasteiger partial charge in [-0.3, -0.25) is 14.2 Å². The molecule has 0 saturated carbocycles. The third kappa shape index (κ3) is 60.7. The van der Waals surface area contributed by atoms with Crippen LogP contribution in [0.1, 0.15) is 284 Å². The first-order valence-corrected chi connectivity index (χ1v) is 33.1. The van der Waals surface area contributed by atoms with E-state index in [1.165, 1.54) is 173 Å². The van der Waals surface area contributed by atoms with Crippen molar-refractivity contribution in [1.82, 2.24) is 0 Å². The predicted octanol–water partition coefficient (Wildman–Crippen LogP) is 19.4. The molecule has 0 fully saturated rings. The lowest BCUT2D eigenvalue weighted by Gasteiger charge is -2.28. The number of quaternary nitrogens is 1. The van der Waals surface area contributed by atoms with E-state index in [0.717, 1.165) is 77.0 Å². The summed E-state index contributed by atoms with van der Waals surface area (Å²) in [6, 6.07) is 0. The second-order valence-electron chi connectivity index (χ2n) is 22.4. The molecule has 2 unspecified atom stereocenters. The monoisotopic (exact) mass is 1090 g/mol. The fraction of sp³-hybridized carbons (Fsp3) is 0.788. The van der Waals surface area contributed by atoms with Gasteiger partial charge in [0.1, 0.15) is 19.8 Å². The van der Waals surface area contributed by atoms with Crippen LogP contribution in [0.2, 0.25) is 0 Å². The van der Waals surface area contributed by atoms with Crippen LogP contribution in [0, 0.1) is 0 Å². The van der Waals surface area contributed by atoms with E-state index >= 15 is 0 Å². The number of rotatable bonds is 58. The van der Waals surface area contributed by atoms with Gasteiger partial charge >= 0.3 is 11.9 Å². The highest BCUT2D eigenvalue weighted by Crippen LogP contribution is 2.38. The van der Waals surface area contributed by atoms with Crippen molar-refractivity contribution in [1.29, 1.82) is 0 Å². The number of ether oxygens (including phenoxy) is 2. The van der Waals surface area contributed by atoms with Gasteiger partial charge in [-0.2, -0.15) is 0 Å². The number of phosphoric acid groups is 1. The van der Waals surface area contributed by atoms with E-state index in [2.05, 4.69) is 86.8 Å². The van der Waals surface area contributed by atoms with Crippen LogP contribution >= 0.6 is 7.82 Å². The first kappa shape index (κ1) is 73.5. The van der Waals surface area contributed by atoms with Crippen LogP contribution in [0.4, 0.5) is 0 Å². The first-order chi connectivity index (χ1) is 37.0. The summed E-state index contributed by atoms with van der Waals surface area (Å²) in [6.45, 7) is 4.15. The molecule has 76 heavy (non-hydrogen) atoms. The molecule has 2 atom stereocenters.